The predicted octanol–water partition coefficient (Wildman–Crippen LogP) is 2.25. The van der Waals surface area contributed by atoms with Crippen LogP contribution in [-0.2, 0) is 6.54 Å². The minimum Gasteiger partial charge on any atom is -0.250 e. The Balaban J connectivity index is 2.35. The quantitative estimate of drug-likeness (QED) is 0.771. The van der Waals surface area contributed by atoms with E-state index in [-0.39, 0.29) is 12.4 Å². The number of rotatable bonds is 2. The number of aryl methyl sites for hydroxylation is 1. The van der Waals surface area contributed by atoms with Crippen molar-refractivity contribution >= 4 is 0 Å². The van der Waals surface area contributed by atoms with Crippen LogP contribution in [0.5, 0.6) is 0 Å². The van der Waals surface area contributed by atoms with E-state index in [9.17, 15) is 4.39 Å². The number of nitriles is 1. The van der Waals surface area contributed by atoms with Crippen molar-refractivity contribution in [3.63, 3.8) is 0 Å². The highest BCUT2D eigenvalue weighted by Gasteiger charge is 2.07. The molecular weight excluding hydrogens is 205 g/mol. The summed E-state index contributed by atoms with van der Waals surface area (Å²) in [7, 11) is 0. The first-order valence-corrected chi connectivity index (χ1v) is 4.88. The van der Waals surface area contributed by atoms with Gasteiger partial charge in [-0.1, -0.05) is 18.2 Å². The topological polar surface area (TPSA) is 41.6 Å². The van der Waals surface area contributed by atoms with Crippen molar-refractivity contribution in [3.05, 3.63) is 53.1 Å². The first-order chi connectivity index (χ1) is 7.70. The molecule has 0 saturated heterocycles. The zero-order chi connectivity index (χ0) is 11.5. The Bertz CT molecular complexity index is 552. The van der Waals surface area contributed by atoms with Crippen LogP contribution in [-0.4, -0.2) is 9.78 Å². The van der Waals surface area contributed by atoms with Gasteiger partial charge < -0.3 is 0 Å². The van der Waals surface area contributed by atoms with E-state index in [4.69, 9.17) is 5.26 Å². The van der Waals surface area contributed by atoms with Crippen molar-refractivity contribution in [3.8, 4) is 6.07 Å². The molecule has 0 unspecified atom stereocenters. The molecule has 0 saturated carbocycles. The highest BCUT2D eigenvalue weighted by molar-refractivity contribution is 5.25. The molecule has 16 heavy (non-hydrogen) atoms. The van der Waals surface area contributed by atoms with Crippen LogP contribution in [0.1, 0.15) is 17.0 Å². The number of halogens is 1. The molecule has 3 nitrogen and oxygen atoms in total. The van der Waals surface area contributed by atoms with E-state index in [0.29, 0.717) is 11.3 Å². The first kappa shape index (κ1) is 10.4. The molecule has 0 aliphatic rings. The molecule has 0 aliphatic heterocycles. The minimum atomic E-state index is -0.278. The zero-order valence-electron chi connectivity index (χ0n) is 8.81. The number of benzene rings is 1. The average Bonchev–Trinajstić information content (AvgIpc) is 2.62. The van der Waals surface area contributed by atoms with Crippen LogP contribution in [0.4, 0.5) is 4.39 Å². The minimum absolute atomic E-state index is 0.278. The summed E-state index contributed by atoms with van der Waals surface area (Å²) >= 11 is 0. The lowest BCUT2D eigenvalue weighted by molar-refractivity contribution is 0.582. The molecule has 1 aromatic carbocycles. The number of hydrogen-bond acceptors (Lipinski definition) is 2. The smallest absolute Gasteiger partial charge is 0.139 e. The van der Waals surface area contributed by atoms with Crippen molar-refractivity contribution in [2.24, 2.45) is 0 Å². The Hall–Kier alpha value is -2.15. The van der Waals surface area contributed by atoms with E-state index >= 15 is 0 Å². The first-order valence-electron chi connectivity index (χ1n) is 4.88. The maximum Gasteiger partial charge on any atom is 0.139 e. The van der Waals surface area contributed by atoms with E-state index in [2.05, 4.69) is 5.10 Å². The molecule has 0 atom stereocenters. The van der Waals surface area contributed by atoms with Gasteiger partial charge in [-0.2, -0.15) is 10.4 Å². The van der Waals surface area contributed by atoms with Crippen molar-refractivity contribution < 1.29 is 4.39 Å². The Morgan fingerprint density at radius 1 is 1.44 bits per heavy atom. The molecule has 1 heterocycles. The molecular formula is C12H10FN3. The van der Waals surface area contributed by atoms with Crippen molar-refractivity contribution in [2.75, 3.05) is 0 Å². The fourth-order valence-electron chi connectivity index (χ4n) is 1.54. The maximum atomic E-state index is 13.4. The molecule has 2 aromatic rings. The Morgan fingerprint density at radius 3 is 2.88 bits per heavy atom. The summed E-state index contributed by atoms with van der Waals surface area (Å²) in [6.07, 6.45) is 0. The van der Waals surface area contributed by atoms with Gasteiger partial charge in [-0.15, -0.1) is 0 Å². The van der Waals surface area contributed by atoms with Crippen molar-refractivity contribution in [2.45, 2.75) is 13.5 Å². The number of hydrogen-bond donors (Lipinski definition) is 0. The molecule has 0 N–H and O–H groups in total. The Morgan fingerprint density at radius 2 is 2.19 bits per heavy atom. The molecule has 0 bridgehead atoms. The second kappa shape index (κ2) is 4.15. The molecule has 0 amide bonds. The third kappa shape index (κ3) is 1.94. The van der Waals surface area contributed by atoms with E-state index in [1.165, 1.54) is 10.7 Å². The zero-order valence-corrected chi connectivity index (χ0v) is 8.81. The molecule has 4 heteroatoms. The van der Waals surface area contributed by atoms with Crippen LogP contribution in [0.25, 0.3) is 0 Å². The van der Waals surface area contributed by atoms with Crippen molar-refractivity contribution in [1.82, 2.24) is 9.78 Å². The highest BCUT2D eigenvalue weighted by Crippen LogP contribution is 2.10. The summed E-state index contributed by atoms with van der Waals surface area (Å²) in [5.74, 6) is -0.278. The Kier molecular flexibility index (Phi) is 2.69. The van der Waals surface area contributed by atoms with Crippen LogP contribution < -0.4 is 0 Å². The van der Waals surface area contributed by atoms with Gasteiger partial charge in [0, 0.05) is 5.56 Å². The van der Waals surface area contributed by atoms with Gasteiger partial charge in [-0.3, -0.25) is 4.68 Å². The summed E-state index contributed by atoms with van der Waals surface area (Å²) in [5.41, 5.74) is 1.73. The third-order valence-corrected chi connectivity index (χ3v) is 2.29. The SMILES string of the molecule is Cc1cc(C#N)n(Cc2ccccc2F)n1. The number of aromatic nitrogens is 2. The fraction of sp³-hybridized carbons (Fsp3) is 0.167. The van der Waals surface area contributed by atoms with Gasteiger partial charge in [0.2, 0.25) is 0 Å². The van der Waals surface area contributed by atoms with E-state index in [1.807, 2.05) is 6.07 Å². The molecule has 80 valence electrons. The Labute approximate surface area is 92.7 Å². The second-order valence-corrected chi connectivity index (χ2v) is 3.53. The van der Waals surface area contributed by atoms with Crippen LogP contribution in [0.2, 0.25) is 0 Å². The van der Waals surface area contributed by atoms with Gasteiger partial charge in [0.1, 0.15) is 17.6 Å². The maximum absolute atomic E-state index is 13.4. The predicted molar refractivity (Wildman–Crippen MR) is 57.2 cm³/mol. The fourth-order valence-corrected chi connectivity index (χ4v) is 1.54. The van der Waals surface area contributed by atoms with Gasteiger partial charge in [0.05, 0.1) is 12.2 Å². The van der Waals surface area contributed by atoms with Gasteiger partial charge >= 0.3 is 0 Å². The third-order valence-electron chi connectivity index (χ3n) is 2.29. The molecule has 0 spiro atoms. The second-order valence-electron chi connectivity index (χ2n) is 3.53. The van der Waals surface area contributed by atoms with Gasteiger partial charge in [-0.05, 0) is 19.1 Å². The lowest BCUT2D eigenvalue weighted by Crippen LogP contribution is -2.05. The van der Waals surface area contributed by atoms with Crippen LogP contribution >= 0.6 is 0 Å². The summed E-state index contributed by atoms with van der Waals surface area (Å²) in [5, 5.41) is 13.0. The summed E-state index contributed by atoms with van der Waals surface area (Å²) in [4.78, 5) is 0. The van der Waals surface area contributed by atoms with E-state index < -0.39 is 0 Å². The molecule has 0 fully saturated rings. The van der Waals surface area contributed by atoms with Gasteiger partial charge in [0.25, 0.3) is 0 Å². The summed E-state index contributed by atoms with van der Waals surface area (Å²) in [6.45, 7) is 2.09. The van der Waals surface area contributed by atoms with E-state index in [1.54, 1.807) is 31.2 Å². The average molecular weight is 215 g/mol. The van der Waals surface area contributed by atoms with Crippen LogP contribution in [0.3, 0.4) is 0 Å². The molecule has 1 aromatic heterocycles. The van der Waals surface area contributed by atoms with Gasteiger partial charge in [0.15, 0.2) is 0 Å². The monoisotopic (exact) mass is 215 g/mol. The summed E-state index contributed by atoms with van der Waals surface area (Å²) in [6, 6.07) is 10.2. The molecule has 0 aliphatic carbocycles. The van der Waals surface area contributed by atoms with E-state index in [0.717, 1.165) is 5.69 Å². The molecule has 2 rings (SSSR count). The normalized spacial score (nSPS) is 10.1. The van der Waals surface area contributed by atoms with Gasteiger partial charge in [-0.25, -0.2) is 4.39 Å². The lowest BCUT2D eigenvalue weighted by Gasteiger charge is -2.04. The van der Waals surface area contributed by atoms with Crippen LogP contribution in [0.15, 0.2) is 30.3 Å². The van der Waals surface area contributed by atoms with Crippen molar-refractivity contribution in [1.29, 1.82) is 5.26 Å². The lowest BCUT2D eigenvalue weighted by atomic mass is 10.2. The largest absolute Gasteiger partial charge is 0.250 e. The summed E-state index contributed by atoms with van der Waals surface area (Å²) < 4.78 is 14.9. The standard InChI is InChI=1S/C12H10FN3/c1-9-6-11(7-14)16(15-9)8-10-4-2-3-5-12(10)13/h2-6H,8H2,1H3. The van der Waals surface area contributed by atoms with Crippen LogP contribution in [0, 0.1) is 24.1 Å². The number of nitrogens with zero attached hydrogens (tertiary/aromatic N) is 3. The molecule has 0 radical (unpaired) electrons. The highest BCUT2D eigenvalue weighted by atomic mass is 19.1.